The molecule has 0 heterocycles. The van der Waals surface area contributed by atoms with E-state index in [0.29, 0.717) is 16.1 Å². The molecule has 0 saturated heterocycles. The normalized spacial score (nSPS) is 9.90. The van der Waals surface area contributed by atoms with Crippen LogP contribution in [-0.4, -0.2) is 13.0 Å². The molecule has 0 aliphatic rings. The lowest BCUT2D eigenvalue weighted by molar-refractivity contribution is 0.0989. The van der Waals surface area contributed by atoms with Crippen LogP contribution in [0.5, 0.6) is 0 Å². The van der Waals surface area contributed by atoms with E-state index in [-0.39, 0.29) is 5.56 Å². The van der Waals surface area contributed by atoms with Crippen LogP contribution < -0.4 is 4.90 Å². The molecule has 0 aliphatic heterocycles. The van der Waals surface area contributed by atoms with Crippen LogP contribution in [0.25, 0.3) is 0 Å². The summed E-state index contributed by atoms with van der Waals surface area (Å²) in [4.78, 5) is 14.1. The van der Waals surface area contributed by atoms with Crippen molar-refractivity contribution in [2.45, 2.75) is 4.90 Å². The number of carbonyl (C=O) groups excluding carboxylic acids is 1. The van der Waals surface area contributed by atoms with E-state index < -0.39 is 11.7 Å². The number of hydrogen-bond acceptors (Lipinski definition) is 3. The molecule has 100 valence electrons. The van der Waals surface area contributed by atoms with Gasteiger partial charge in [0.2, 0.25) is 0 Å². The molecule has 3 nitrogen and oxygen atoms in total. The van der Waals surface area contributed by atoms with Crippen LogP contribution in [-0.2, 0) is 0 Å². The monoisotopic (exact) mass is 286 g/mol. The Labute approximate surface area is 121 Å². The molecule has 0 unspecified atom stereocenters. The summed E-state index contributed by atoms with van der Waals surface area (Å²) in [6.07, 6.45) is 0. The molecule has 0 aliphatic carbocycles. The van der Waals surface area contributed by atoms with Crippen LogP contribution in [0.2, 0.25) is 0 Å². The summed E-state index contributed by atoms with van der Waals surface area (Å²) in [6, 6.07) is 12.6. The lowest BCUT2D eigenvalue weighted by atomic mass is 10.1. The van der Waals surface area contributed by atoms with Crippen molar-refractivity contribution in [3.8, 4) is 6.07 Å². The predicted octanol–water partition coefficient (Wildman–Crippen LogP) is 3.26. The molecule has 0 radical (unpaired) electrons. The van der Waals surface area contributed by atoms with Crippen LogP contribution in [0.3, 0.4) is 0 Å². The Hall–Kier alpha value is -2.32. The molecule has 5 heteroatoms. The van der Waals surface area contributed by atoms with Gasteiger partial charge in [-0.1, -0.05) is 0 Å². The fourth-order valence-corrected chi connectivity index (χ4v) is 1.94. The van der Waals surface area contributed by atoms with Crippen molar-refractivity contribution in [3.63, 3.8) is 0 Å². The Balaban J connectivity index is 2.32. The first kappa shape index (κ1) is 14.1. The highest BCUT2D eigenvalue weighted by Gasteiger charge is 2.17. The molecular weight excluding hydrogens is 275 g/mol. The average molecular weight is 286 g/mol. The van der Waals surface area contributed by atoms with Gasteiger partial charge >= 0.3 is 0 Å². The number of hydrogen-bond donors (Lipinski definition) is 1. The number of thiol groups is 1. The van der Waals surface area contributed by atoms with Crippen LogP contribution in [0, 0.1) is 17.1 Å². The lowest BCUT2D eigenvalue weighted by Crippen LogP contribution is -2.27. The summed E-state index contributed by atoms with van der Waals surface area (Å²) in [5.41, 5.74) is 1.04. The quantitative estimate of drug-likeness (QED) is 0.861. The number of amides is 1. The number of rotatable bonds is 2. The molecule has 0 spiro atoms. The SMILES string of the molecule is CN(C(=O)c1cc(S)ccc1F)c1ccc(C#N)cc1. The fourth-order valence-electron chi connectivity index (χ4n) is 1.73. The van der Waals surface area contributed by atoms with Gasteiger partial charge in [-0.25, -0.2) is 4.39 Å². The lowest BCUT2D eigenvalue weighted by Gasteiger charge is -2.18. The zero-order valence-corrected chi connectivity index (χ0v) is 11.6. The van der Waals surface area contributed by atoms with E-state index in [1.807, 2.05) is 6.07 Å². The van der Waals surface area contributed by atoms with Gasteiger partial charge in [0.15, 0.2) is 0 Å². The van der Waals surface area contributed by atoms with Crippen LogP contribution in [0.1, 0.15) is 15.9 Å². The Morgan fingerprint density at radius 2 is 1.90 bits per heavy atom. The van der Waals surface area contributed by atoms with E-state index in [4.69, 9.17) is 5.26 Å². The molecule has 0 atom stereocenters. The van der Waals surface area contributed by atoms with Gasteiger partial charge < -0.3 is 4.90 Å². The van der Waals surface area contributed by atoms with Crippen molar-refractivity contribution >= 4 is 24.2 Å². The van der Waals surface area contributed by atoms with E-state index in [2.05, 4.69) is 12.6 Å². The van der Waals surface area contributed by atoms with E-state index in [9.17, 15) is 9.18 Å². The number of carbonyl (C=O) groups is 1. The van der Waals surface area contributed by atoms with Crippen molar-refractivity contribution in [2.75, 3.05) is 11.9 Å². The van der Waals surface area contributed by atoms with Crippen LogP contribution >= 0.6 is 12.6 Å². The fraction of sp³-hybridized carbons (Fsp3) is 0.0667. The summed E-state index contributed by atoms with van der Waals surface area (Å²) in [6.45, 7) is 0. The maximum absolute atomic E-state index is 13.7. The predicted molar refractivity (Wildman–Crippen MR) is 77.5 cm³/mol. The maximum atomic E-state index is 13.7. The molecule has 0 saturated carbocycles. The second-order valence-electron chi connectivity index (χ2n) is 4.19. The van der Waals surface area contributed by atoms with Crippen molar-refractivity contribution in [1.29, 1.82) is 5.26 Å². The molecule has 1 amide bonds. The third-order valence-electron chi connectivity index (χ3n) is 2.87. The Kier molecular flexibility index (Phi) is 4.06. The highest BCUT2D eigenvalue weighted by Crippen LogP contribution is 2.19. The first-order valence-corrected chi connectivity index (χ1v) is 6.24. The second-order valence-corrected chi connectivity index (χ2v) is 4.70. The van der Waals surface area contributed by atoms with Gasteiger partial charge in [-0.05, 0) is 42.5 Å². The highest BCUT2D eigenvalue weighted by atomic mass is 32.1. The van der Waals surface area contributed by atoms with Crippen LogP contribution in [0.15, 0.2) is 47.4 Å². The first-order valence-electron chi connectivity index (χ1n) is 5.79. The summed E-state index contributed by atoms with van der Waals surface area (Å²) >= 11 is 4.10. The Bertz CT molecular complexity index is 692. The topological polar surface area (TPSA) is 44.1 Å². The molecular formula is C15H11FN2OS. The van der Waals surface area contributed by atoms with E-state index >= 15 is 0 Å². The summed E-state index contributed by atoms with van der Waals surface area (Å²) in [5, 5.41) is 8.73. The van der Waals surface area contributed by atoms with E-state index in [1.165, 1.54) is 23.1 Å². The zero-order chi connectivity index (χ0) is 14.7. The Morgan fingerprint density at radius 1 is 1.25 bits per heavy atom. The van der Waals surface area contributed by atoms with E-state index in [1.54, 1.807) is 31.3 Å². The number of benzene rings is 2. The number of halogens is 1. The summed E-state index contributed by atoms with van der Waals surface area (Å²) in [7, 11) is 1.55. The van der Waals surface area contributed by atoms with Crippen molar-refractivity contribution in [3.05, 3.63) is 59.4 Å². The first-order chi connectivity index (χ1) is 9.52. The highest BCUT2D eigenvalue weighted by molar-refractivity contribution is 7.80. The Morgan fingerprint density at radius 3 is 2.50 bits per heavy atom. The molecule has 0 bridgehead atoms. The largest absolute Gasteiger partial charge is 0.311 e. The molecule has 20 heavy (non-hydrogen) atoms. The van der Waals surface area contributed by atoms with Gasteiger partial charge in [-0.15, -0.1) is 12.6 Å². The van der Waals surface area contributed by atoms with Crippen molar-refractivity contribution < 1.29 is 9.18 Å². The minimum atomic E-state index is -0.590. The maximum Gasteiger partial charge on any atom is 0.261 e. The van der Waals surface area contributed by atoms with Gasteiger partial charge in [0.05, 0.1) is 17.2 Å². The van der Waals surface area contributed by atoms with Gasteiger partial charge in [0.25, 0.3) is 5.91 Å². The minimum absolute atomic E-state index is 0.0376. The number of nitriles is 1. The minimum Gasteiger partial charge on any atom is -0.311 e. The zero-order valence-electron chi connectivity index (χ0n) is 10.7. The molecule has 2 aromatic carbocycles. The smallest absolute Gasteiger partial charge is 0.261 e. The molecule has 0 aromatic heterocycles. The van der Waals surface area contributed by atoms with Gasteiger partial charge in [-0.2, -0.15) is 5.26 Å². The van der Waals surface area contributed by atoms with E-state index in [0.717, 1.165) is 0 Å². The van der Waals surface area contributed by atoms with Gasteiger partial charge in [0, 0.05) is 17.6 Å². The van der Waals surface area contributed by atoms with Gasteiger partial charge in [-0.3, -0.25) is 4.79 Å². The third-order valence-corrected chi connectivity index (χ3v) is 3.15. The molecule has 2 rings (SSSR count). The standard InChI is InChI=1S/C15H11FN2OS/c1-18(11-4-2-10(9-17)3-5-11)15(19)13-8-12(20)6-7-14(13)16/h2-8,20H,1H3. The summed E-state index contributed by atoms with van der Waals surface area (Å²) in [5.74, 6) is -1.06. The second kappa shape index (κ2) is 5.76. The summed E-state index contributed by atoms with van der Waals surface area (Å²) < 4.78 is 13.7. The average Bonchev–Trinajstić information content (AvgIpc) is 2.48. The number of anilines is 1. The molecule has 0 fully saturated rings. The van der Waals surface area contributed by atoms with Crippen molar-refractivity contribution in [1.82, 2.24) is 0 Å². The van der Waals surface area contributed by atoms with Crippen LogP contribution in [0.4, 0.5) is 10.1 Å². The molecule has 0 N–H and O–H groups in total. The third kappa shape index (κ3) is 2.81. The number of nitrogens with zero attached hydrogens (tertiary/aromatic N) is 2. The molecule has 2 aromatic rings. The van der Waals surface area contributed by atoms with Crippen molar-refractivity contribution in [2.24, 2.45) is 0 Å². The van der Waals surface area contributed by atoms with Gasteiger partial charge in [0.1, 0.15) is 5.82 Å².